The fourth-order valence-electron chi connectivity index (χ4n) is 11.9. The Morgan fingerprint density at radius 1 is 0.314 bits per heavy atom. The topological polar surface area (TPSA) is 28.2 Å². The Morgan fingerprint density at radius 2 is 0.771 bits per heavy atom. The Bertz CT molecular complexity index is 3460. The fourth-order valence-corrected chi connectivity index (χ4v) is 11.9. The van der Waals surface area contributed by atoms with Crippen molar-refractivity contribution in [3.05, 3.63) is 211 Å². The molecule has 0 aromatic heterocycles. The Morgan fingerprint density at radius 3 is 1.34 bits per heavy atom. The minimum absolute atomic E-state index is 0.0456. The van der Waals surface area contributed by atoms with Crippen molar-refractivity contribution in [1.29, 1.82) is 0 Å². The van der Waals surface area contributed by atoms with Crippen LogP contribution in [0.25, 0.3) is 0 Å². The van der Waals surface area contributed by atoms with Gasteiger partial charge in [0.25, 0.3) is 13.4 Å². The average Bonchev–Trinajstić information content (AvgIpc) is 3.38. The summed E-state index contributed by atoms with van der Waals surface area (Å²) >= 11 is 0. The van der Waals surface area contributed by atoms with E-state index in [1.165, 1.54) is 55.2 Å². The first-order valence-electron chi connectivity index (χ1n) is 25.0. The number of ether oxygens (including phenoxy) is 2. The standard InChI is InChI=1S/C63H53B2N3O2/c1-39(2)42-33-46(40(3)4)62(47(34-42)41(5)6)65-49-26-14-18-30-58(49)69-61-38-55-50(37-51(61)65)64-48-25-13-15-27-52(48)66(43-21-9-7-10-22-43)56-35-45(36-57(63(56)64)67(55)44-23-11-8-12-24-44)68-53-28-16-19-31-59(53)70-60-32-20-17-29-54(60)68/h7-41H,1-6H3. The number of anilines is 9. The molecule has 4 aliphatic heterocycles. The molecule has 4 heterocycles. The maximum atomic E-state index is 7.22. The number of nitrogens with zero attached hydrogens (tertiary/aromatic N) is 3. The second-order valence-corrected chi connectivity index (χ2v) is 20.2. The molecule has 338 valence electrons. The Balaban J connectivity index is 1.14. The minimum Gasteiger partial charge on any atom is -0.458 e. The van der Waals surface area contributed by atoms with Gasteiger partial charge in [-0.1, -0.05) is 162 Å². The first-order valence-corrected chi connectivity index (χ1v) is 25.0. The monoisotopic (exact) mass is 905 g/mol. The molecule has 9 aromatic carbocycles. The first-order chi connectivity index (χ1) is 34.2. The molecule has 13 rings (SSSR count). The molecule has 0 bridgehead atoms. The molecule has 0 N–H and O–H groups in total. The summed E-state index contributed by atoms with van der Waals surface area (Å²) < 4.78 is 13.8. The summed E-state index contributed by atoms with van der Waals surface area (Å²) in [6, 6.07) is 71.1. The SMILES string of the molecule is CC(C)c1cc(C(C)C)c(B2c3ccccc3Oc3cc4c(cc32)B2c3ccccc3N(c3ccccc3)c3cc(N5c6ccccc6Oc6ccccc65)cc(c32)N4c2ccccc2)c(C(C)C)c1. The molecule has 0 saturated heterocycles. The van der Waals surface area contributed by atoms with Crippen LogP contribution in [0.2, 0.25) is 0 Å². The molecule has 0 radical (unpaired) electrons. The van der Waals surface area contributed by atoms with Gasteiger partial charge in [-0.15, -0.1) is 0 Å². The van der Waals surface area contributed by atoms with Gasteiger partial charge >= 0.3 is 0 Å². The Labute approximate surface area is 412 Å². The zero-order valence-electron chi connectivity index (χ0n) is 40.5. The lowest BCUT2D eigenvalue weighted by molar-refractivity contribution is 0.477. The highest BCUT2D eigenvalue weighted by Gasteiger charge is 2.46. The highest BCUT2D eigenvalue weighted by Crippen LogP contribution is 2.53. The van der Waals surface area contributed by atoms with Gasteiger partial charge in [0.05, 0.1) is 17.1 Å². The third-order valence-corrected chi connectivity index (χ3v) is 15.0. The van der Waals surface area contributed by atoms with Crippen LogP contribution in [0.5, 0.6) is 23.0 Å². The summed E-state index contributed by atoms with van der Waals surface area (Å²) in [6.07, 6.45) is 0. The van der Waals surface area contributed by atoms with E-state index >= 15 is 0 Å². The molecule has 0 atom stereocenters. The van der Waals surface area contributed by atoms with Crippen molar-refractivity contribution in [2.75, 3.05) is 14.7 Å². The van der Waals surface area contributed by atoms with E-state index < -0.39 is 0 Å². The van der Waals surface area contributed by atoms with Gasteiger partial charge in [0.1, 0.15) is 11.5 Å². The van der Waals surface area contributed by atoms with Crippen LogP contribution in [0.4, 0.5) is 51.2 Å². The van der Waals surface area contributed by atoms with E-state index in [1.54, 1.807) is 0 Å². The third-order valence-electron chi connectivity index (χ3n) is 15.0. The van der Waals surface area contributed by atoms with Gasteiger partial charge in [-0.25, -0.2) is 0 Å². The first kappa shape index (κ1) is 42.2. The van der Waals surface area contributed by atoms with Gasteiger partial charge in [0.2, 0.25) is 0 Å². The molecule has 9 aromatic rings. The van der Waals surface area contributed by atoms with Gasteiger partial charge in [-0.2, -0.15) is 0 Å². The predicted molar refractivity (Wildman–Crippen MR) is 295 cm³/mol. The van der Waals surface area contributed by atoms with Crippen LogP contribution in [0, 0.1) is 0 Å². The maximum absolute atomic E-state index is 7.22. The van der Waals surface area contributed by atoms with E-state index in [-0.39, 0.29) is 13.4 Å². The van der Waals surface area contributed by atoms with Crippen LogP contribution in [0.15, 0.2) is 194 Å². The number of para-hydroxylation sites is 8. The van der Waals surface area contributed by atoms with Crippen LogP contribution in [-0.4, -0.2) is 13.4 Å². The predicted octanol–water partition coefficient (Wildman–Crippen LogP) is 13.3. The van der Waals surface area contributed by atoms with Crippen LogP contribution >= 0.6 is 0 Å². The summed E-state index contributed by atoms with van der Waals surface area (Å²) in [7, 11) is 0. The van der Waals surface area contributed by atoms with Crippen molar-refractivity contribution in [1.82, 2.24) is 0 Å². The third kappa shape index (κ3) is 6.47. The minimum atomic E-state index is -0.102. The molecule has 70 heavy (non-hydrogen) atoms. The summed E-state index contributed by atoms with van der Waals surface area (Å²) in [5, 5.41) is 0. The second kappa shape index (κ2) is 16.4. The lowest BCUT2D eigenvalue weighted by Gasteiger charge is -2.45. The van der Waals surface area contributed by atoms with E-state index in [9.17, 15) is 0 Å². The second-order valence-electron chi connectivity index (χ2n) is 20.2. The van der Waals surface area contributed by atoms with Crippen molar-refractivity contribution < 1.29 is 9.47 Å². The molecule has 0 amide bonds. The lowest BCUT2D eigenvalue weighted by Crippen LogP contribution is -2.63. The zero-order chi connectivity index (χ0) is 47.4. The van der Waals surface area contributed by atoms with Crippen molar-refractivity contribution in [3.63, 3.8) is 0 Å². The smallest absolute Gasteiger partial charge is 0.252 e. The van der Waals surface area contributed by atoms with Gasteiger partial charge in [-0.3, -0.25) is 0 Å². The largest absolute Gasteiger partial charge is 0.458 e. The average molecular weight is 906 g/mol. The van der Waals surface area contributed by atoms with Crippen LogP contribution < -0.4 is 57.0 Å². The molecule has 4 aliphatic rings. The van der Waals surface area contributed by atoms with E-state index in [1.807, 2.05) is 12.1 Å². The molecule has 0 aliphatic carbocycles. The van der Waals surface area contributed by atoms with E-state index in [4.69, 9.17) is 9.47 Å². The lowest BCUT2D eigenvalue weighted by atomic mass is 9.30. The van der Waals surface area contributed by atoms with Crippen molar-refractivity contribution in [3.8, 4) is 23.0 Å². The van der Waals surface area contributed by atoms with Gasteiger partial charge < -0.3 is 24.2 Å². The summed E-state index contributed by atoms with van der Waals surface area (Å²) in [6.45, 7) is 13.9. The van der Waals surface area contributed by atoms with E-state index in [0.29, 0.717) is 17.8 Å². The molecular weight excluding hydrogens is 852 g/mol. The summed E-state index contributed by atoms with van der Waals surface area (Å²) in [5.74, 6) is 4.50. The molecule has 0 unspecified atom stereocenters. The van der Waals surface area contributed by atoms with Crippen molar-refractivity contribution >= 4 is 97.4 Å². The number of benzene rings is 9. The normalized spacial score (nSPS) is 13.8. The highest BCUT2D eigenvalue weighted by molar-refractivity contribution is 7.02. The highest BCUT2D eigenvalue weighted by atomic mass is 16.5. The fraction of sp³-hybridized carbons (Fsp3) is 0.143. The number of hydrogen-bond donors (Lipinski definition) is 0. The van der Waals surface area contributed by atoms with E-state index in [2.05, 4.69) is 238 Å². The summed E-state index contributed by atoms with van der Waals surface area (Å²) in [5.41, 5.74) is 21.6. The molecule has 0 spiro atoms. The van der Waals surface area contributed by atoms with Crippen LogP contribution in [0.1, 0.15) is 76.0 Å². The molecular formula is C63H53B2N3O2. The Kier molecular flexibility index (Phi) is 9.88. The van der Waals surface area contributed by atoms with Crippen LogP contribution in [0.3, 0.4) is 0 Å². The quantitative estimate of drug-likeness (QED) is 0.149. The molecule has 0 saturated carbocycles. The van der Waals surface area contributed by atoms with Crippen LogP contribution in [-0.2, 0) is 0 Å². The van der Waals surface area contributed by atoms with Gasteiger partial charge in [0, 0.05) is 40.2 Å². The maximum Gasteiger partial charge on any atom is 0.252 e. The molecule has 7 heteroatoms. The molecule has 0 fully saturated rings. The van der Waals surface area contributed by atoms with Crippen molar-refractivity contribution in [2.24, 2.45) is 0 Å². The summed E-state index contributed by atoms with van der Waals surface area (Å²) in [4.78, 5) is 7.36. The van der Waals surface area contributed by atoms with Gasteiger partial charge in [-0.05, 0) is 135 Å². The molecule has 5 nitrogen and oxygen atoms in total. The number of rotatable bonds is 7. The number of fused-ring (bicyclic) bond motifs is 8. The van der Waals surface area contributed by atoms with E-state index in [0.717, 1.165) is 68.5 Å². The van der Waals surface area contributed by atoms with Gasteiger partial charge in [0.15, 0.2) is 11.5 Å². The number of hydrogen-bond acceptors (Lipinski definition) is 5. The Hall–Kier alpha value is -7.89. The zero-order valence-corrected chi connectivity index (χ0v) is 40.5. The van der Waals surface area contributed by atoms with Crippen molar-refractivity contribution in [2.45, 2.75) is 59.3 Å².